The van der Waals surface area contributed by atoms with Gasteiger partial charge in [0.05, 0.1) is 18.8 Å². The molecule has 208 valence electrons. The van der Waals surface area contributed by atoms with Gasteiger partial charge in [0.25, 0.3) is 0 Å². The summed E-state index contributed by atoms with van der Waals surface area (Å²) in [7, 11) is 1.80. The molecule has 0 radical (unpaired) electrons. The molecule has 5 rings (SSSR count). The van der Waals surface area contributed by atoms with E-state index >= 15 is 0 Å². The highest BCUT2D eigenvalue weighted by atomic mass is 32.2. The van der Waals surface area contributed by atoms with Gasteiger partial charge in [0.15, 0.2) is 6.29 Å². The van der Waals surface area contributed by atoms with E-state index in [1.54, 1.807) is 11.7 Å². The summed E-state index contributed by atoms with van der Waals surface area (Å²) in [6, 6.07) is 24.7. The van der Waals surface area contributed by atoms with E-state index in [4.69, 9.17) is 9.47 Å². The van der Waals surface area contributed by atoms with Crippen LogP contribution in [0.1, 0.15) is 41.6 Å². The van der Waals surface area contributed by atoms with Crippen LogP contribution in [0.15, 0.2) is 84.0 Å². The lowest BCUT2D eigenvalue weighted by molar-refractivity contribution is -0.268. The van der Waals surface area contributed by atoms with Gasteiger partial charge in [0, 0.05) is 36.5 Å². The molecule has 1 aromatic heterocycles. The molecule has 4 aromatic rings. The minimum atomic E-state index is -0.656. The Hall–Kier alpha value is -3.77. The largest absolute Gasteiger partial charge is 0.392 e. The van der Waals surface area contributed by atoms with Crippen molar-refractivity contribution in [1.82, 2.24) is 25.5 Å². The molecular formula is C29H32N6O4S. The van der Waals surface area contributed by atoms with Crippen LogP contribution >= 0.6 is 11.8 Å². The highest BCUT2D eigenvalue weighted by Gasteiger charge is 2.38. The third kappa shape index (κ3) is 6.86. The molecule has 0 saturated carbocycles. The number of aromatic nitrogens is 4. The fourth-order valence-electron chi connectivity index (χ4n) is 4.53. The summed E-state index contributed by atoms with van der Waals surface area (Å²) in [5.41, 5.74) is 4.28. The zero-order chi connectivity index (χ0) is 27.9. The molecule has 10 nitrogen and oxygen atoms in total. The van der Waals surface area contributed by atoms with Crippen molar-refractivity contribution < 1.29 is 19.4 Å². The summed E-state index contributed by atoms with van der Waals surface area (Å²) >= 11 is 1.53. The second-order valence-corrected chi connectivity index (χ2v) is 10.6. The number of amides is 2. The number of hydrogen-bond acceptors (Lipinski definition) is 8. The molecule has 1 aliphatic rings. The average Bonchev–Trinajstić information content (AvgIpc) is 3.40. The Labute approximate surface area is 237 Å². The van der Waals surface area contributed by atoms with Crippen LogP contribution in [-0.4, -0.2) is 43.2 Å². The minimum Gasteiger partial charge on any atom is -0.392 e. The number of carbonyl (C=O) groups is 1. The van der Waals surface area contributed by atoms with E-state index in [1.165, 1.54) is 11.8 Å². The summed E-state index contributed by atoms with van der Waals surface area (Å²) < 4.78 is 14.7. The van der Waals surface area contributed by atoms with Crippen molar-refractivity contribution in [2.24, 2.45) is 13.0 Å². The number of anilines is 1. The number of nitrogens with zero attached hydrogens (tertiary/aromatic N) is 4. The Morgan fingerprint density at radius 2 is 1.80 bits per heavy atom. The topological polar surface area (TPSA) is 123 Å². The van der Waals surface area contributed by atoms with Gasteiger partial charge in [-0.05, 0) is 39.2 Å². The molecule has 1 fully saturated rings. The Kier molecular flexibility index (Phi) is 9.07. The predicted octanol–water partition coefficient (Wildman–Crippen LogP) is 4.61. The zero-order valence-electron chi connectivity index (χ0n) is 22.3. The van der Waals surface area contributed by atoms with Crippen molar-refractivity contribution in [1.29, 1.82) is 0 Å². The number of hydrogen-bond donors (Lipinski definition) is 3. The van der Waals surface area contributed by atoms with Crippen molar-refractivity contribution in [2.45, 2.75) is 43.7 Å². The van der Waals surface area contributed by atoms with Crippen LogP contribution in [0.2, 0.25) is 0 Å². The minimum absolute atomic E-state index is 0.0171. The Balaban J connectivity index is 1.32. The SMILES string of the molecule is C[C@@H]1[C@H](CSc2nnnn2C)O[C@H](c2cccc(NC(=O)NCc3ccccc3)c2)O[C@@H]1c1ccc(CO)cc1. The van der Waals surface area contributed by atoms with Gasteiger partial charge in [0.2, 0.25) is 5.16 Å². The van der Waals surface area contributed by atoms with Crippen LogP contribution in [0.4, 0.5) is 10.5 Å². The number of carbonyl (C=O) groups excluding carboxylic acids is 1. The Bertz CT molecular complexity index is 1400. The molecule has 4 atom stereocenters. The van der Waals surface area contributed by atoms with E-state index in [0.29, 0.717) is 23.1 Å². The molecule has 1 aliphatic heterocycles. The third-order valence-electron chi connectivity index (χ3n) is 6.79. The predicted molar refractivity (Wildman–Crippen MR) is 151 cm³/mol. The van der Waals surface area contributed by atoms with Gasteiger partial charge in [0.1, 0.15) is 0 Å². The van der Waals surface area contributed by atoms with E-state index < -0.39 is 6.29 Å². The maximum absolute atomic E-state index is 12.6. The molecule has 2 heterocycles. The highest BCUT2D eigenvalue weighted by molar-refractivity contribution is 7.99. The molecule has 3 N–H and O–H groups in total. The fraction of sp³-hybridized carbons (Fsp3) is 0.310. The monoisotopic (exact) mass is 560 g/mol. The lowest BCUT2D eigenvalue weighted by Gasteiger charge is -2.41. The van der Waals surface area contributed by atoms with Crippen LogP contribution < -0.4 is 10.6 Å². The summed E-state index contributed by atoms with van der Waals surface area (Å²) in [6.07, 6.45) is -1.08. The molecule has 1 saturated heterocycles. The summed E-state index contributed by atoms with van der Waals surface area (Å²) in [6.45, 7) is 2.52. The fourth-order valence-corrected chi connectivity index (χ4v) is 5.54. The number of ether oxygens (including phenoxy) is 2. The molecule has 0 unspecified atom stereocenters. The van der Waals surface area contributed by atoms with E-state index in [-0.39, 0.29) is 30.8 Å². The van der Waals surface area contributed by atoms with E-state index in [2.05, 4.69) is 33.1 Å². The molecule has 2 amide bonds. The van der Waals surface area contributed by atoms with Gasteiger partial charge in [-0.25, -0.2) is 9.48 Å². The lowest BCUT2D eigenvalue weighted by atomic mass is 9.91. The van der Waals surface area contributed by atoms with Gasteiger partial charge >= 0.3 is 6.03 Å². The first kappa shape index (κ1) is 27.8. The molecule has 40 heavy (non-hydrogen) atoms. The molecular weight excluding hydrogens is 528 g/mol. The van der Waals surface area contributed by atoms with Crippen LogP contribution in [0.5, 0.6) is 0 Å². The Morgan fingerprint density at radius 3 is 2.52 bits per heavy atom. The van der Waals surface area contributed by atoms with Crippen molar-refractivity contribution in [2.75, 3.05) is 11.1 Å². The quantitative estimate of drug-likeness (QED) is 0.254. The van der Waals surface area contributed by atoms with Crippen molar-refractivity contribution in [3.63, 3.8) is 0 Å². The second kappa shape index (κ2) is 13.1. The number of aliphatic hydroxyl groups excluding tert-OH is 1. The molecule has 0 spiro atoms. The van der Waals surface area contributed by atoms with Crippen LogP contribution in [0.3, 0.4) is 0 Å². The normalized spacial score (nSPS) is 20.7. The van der Waals surface area contributed by atoms with Crippen molar-refractivity contribution in [3.8, 4) is 0 Å². The molecule has 3 aromatic carbocycles. The van der Waals surface area contributed by atoms with E-state index in [9.17, 15) is 9.90 Å². The number of aliphatic hydroxyl groups is 1. The highest BCUT2D eigenvalue weighted by Crippen LogP contribution is 2.43. The molecule has 0 aliphatic carbocycles. The van der Waals surface area contributed by atoms with Gasteiger partial charge < -0.3 is 25.2 Å². The maximum Gasteiger partial charge on any atom is 0.319 e. The first-order valence-electron chi connectivity index (χ1n) is 13.0. The maximum atomic E-state index is 12.6. The summed E-state index contributed by atoms with van der Waals surface area (Å²) in [5.74, 6) is 0.648. The standard InChI is InChI=1S/C29H32N6O4S/c1-19-25(18-40-29-32-33-34-35(29)2)38-27(39-26(19)22-13-11-21(17-36)12-14-22)23-9-6-10-24(15-23)31-28(37)30-16-20-7-4-3-5-8-20/h3-15,19,25-27,36H,16-18H2,1-2H3,(H2,30,31,37)/t19-,25+,26+,27+/m1/s1. The zero-order valence-corrected chi connectivity index (χ0v) is 23.1. The number of nitrogens with one attached hydrogen (secondary N) is 2. The first-order chi connectivity index (χ1) is 19.5. The lowest BCUT2D eigenvalue weighted by Crippen LogP contribution is -2.38. The van der Waals surface area contributed by atoms with E-state index in [0.717, 1.165) is 22.3 Å². The molecule has 0 bridgehead atoms. The van der Waals surface area contributed by atoms with Crippen LogP contribution in [0, 0.1) is 5.92 Å². The number of urea groups is 1. The van der Waals surface area contributed by atoms with Gasteiger partial charge in [-0.3, -0.25) is 0 Å². The van der Waals surface area contributed by atoms with Gasteiger partial charge in [-0.15, -0.1) is 5.10 Å². The summed E-state index contributed by atoms with van der Waals surface area (Å²) in [5, 5.41) is 27.7. The van der Waals surface area contributed by atoms with Gasteiger partial charge in [-0.2, -0.15) is 0 Å². The first-order valence-corrected chi connectivity index (χ1v) is 14.0. The molecule has 11 heteroatoms. The van der Waals surface area contributed by atoms with Crippen LogP contribution in [-0.2, 0) is 29.7 Å². The third-order valence-corrected chi connectivity index (χ3v) is 7.89. The smallest absolute Gasteiger partial charge is 0.319 e. The summed E-state index contributed by atoms with van der Waals surface area (Å²) in [4.78, 5) is 12.6. The number of aryl methyl sites for hydroxylation is 1. The van der Waals surface area contributed by atoms with Gasteiger partial charge in [-0.1, -0.05) is 85.4 Å². The van der Waals surface area contributed by atoms with Crippen LogP contribution in [0.25, 0.3) is 0 Å². The van der Waals surface area contributed by atoms with E-state index in [1.807, 2.05) is 78.9 Å². The number of rotatable bonds is 9. The average molecular weight is 561 g/mol. The Morgan fingerprint density at radius 1 is 1.00 bits per heavy atom. The van der Waals surface area contributed by atoms with Crippen molar-refractivity contribution in [3.05, 3.63) is 101 Å². The number of tetrazole rings is 1. The second-order valence-electron chi connectivity index (χ2n) is 9.64. The van der Waals surface area contributed by atoms with Crippen molar-refractivity contribution >= 4 is 23.5 Å². The number of thioether (sulfide) groups is 1. The number of benzene rings is 3.